The monoisotopic (exact) mass is 356 g/mol. The van der Waals surface area contributed by atoms with Gasteiger partial charge in [-0.25, -0.2) is 14.4 Å². The van der Waals surface area contributed by atoms with Crippen molar-refractivity contribution >= 4 is 22.5 Å². The average molecular weight is 356 g/mol. The third-order valence-electron chi connectivity index (χ3n) is 4.80. The van der Waals surface area contributed by atoms with E-state index in [-0.39, 0.29) is 11.9 Å². The number of aromatic nitrogens is 3. The Hall–Kier alpha value is -2.67. The molecule has 1 aromatic carbocycles. The predicted octanol–water partition coefficient (Wildman–Crippen LogP) is 3.53. The molecule has 2 N–H and O–H groups in total. The van der Waals surface area contributed by atoms with Crippen molar-refractivity contribution in [1.29, 1.82) is 0 Å². The van der Waals surface area contributed by atoms with Crippen molar-refractivity contribution in [2.45, 2.75) is 37.9 Å². The number of rotatable bonds is 4. The van der Waals surface area contributed by atoms with Crippen LogP contribution in [-0.2, 0) is 7.05 Å². The fourth-order valence-electron chi connectivity index (χ4n) is 3.41. The van der Waals surface area contributed by atoms with Crippen LogP contribution in [-0.4, -0.2) is 31.8 Å². The van der Waals surface area contributed by atoms with Gasteiger partial charge in [-0.3, -0.25) is 0 Å². The molecule has 7 heteroatoms. The van der Waals surface area contributed by atoms with E-state index < -0.39 is 6.10 Å². The zero-order valence-electron chi connectivity index (χ0n) is 14.5. The summed E-state index contributed by atoms with van der Waals surface area (Å²) in [5.41, 5.74) is 2.27. The topological polar surface area (TPSA) is 72.2 Å². The third kappa shape index (κ3) is 3.22. The molecule has 0 aliphatic heterocycles. The average Bonchev–Trinajstić information content (AvgIpc) is 3.01. The molecule has 4 rings (SSSR count). The molecule has 26 heavy (non-hydrogen) atoms. The number of aliphatic hydroxyl groups excluding tert-OH is 1. The Labute approximate surface area is 150 Å². The van der Waals surface area contributed by atoms with Gasteiger partial charge < -0.3 is 19.7 Å². The number of benzene rings is 1. The number of nitrogens with zero attached hydrogens (tertiary/aromatic N) is 3. The van der Waals surface area contributed by atoms with E-state index in [2.05, 4.69) is 15.3 Å². The molecule has 2 aromatic heterocycles. The van der Waals surface area contributed by atoms with Crippen LogP contribution in [0.25, 0.3) is 11.0 Å². The molecule has 1 aliphatic rings. The van der Waals surface area contributed by atoms with Gasteiger partial charge in [-0.1, -0.05) is 6.42 Å². The van der Waals surface area contributed by atoms with Crippen molar-refractivity contribution < 1.29 is 14.2 Å². The van der Waals surface area contributed by atoms with Crippen LogP contribution in [0.4, 0.5) is 15.9 Å². The zero-order valence-corrected chi connectivity index (χ0v) is 14.5. The van der Waals surface area contributed by atoms with E-state index in [0.29, 0.717) is 23.7 Å². The fourth-order valence-corrected chi connectivity index (χ4v) is 3.41. The maximum Gasteiger partial charge on any atom is 0.158 e. The molecule has 0 amide bonds. The molecule has 0 saturated heterocycles. The standard InChI is InChI=1S/C19H21FN4O2/c1-24-9-8-14-18(24)19(22-11-21-14)23-13-7-6-12(20)10-17(13)26-16-5-3-2-4-15(16)25/h6-11,15-16,25H,2-5H2,1H3,(H,21,22,23)/t15-,16-/m0/s1. The summed E-state index contributed by atoms with van der Waals surface area (Å²) in [6, 6.07) is 6.24. The van der Waals surface area contributed by atoms with Gasteiger partial charge in [-0.15, -0.1) is 0 Å². The van der Waals surface area contributed by atoms with Crippen LogP contribution in [0.2, 0.25) is 0 Å². The fraction of sp³-hybridized carbons (Fsp3) is 0.368. The Morgan fingerprint density at radius 3 is 2.92 bits per heavy atom. The van der Waals surface area contributed by atoms with Crippen LogP contribution in [0, 0.1) is 5.82 Å². The SMILES string of the molecule is Cn1ccc2ncnc(Nc3ccc(F)cc3O[C@H]3CCCC[C@@H]3O)c21. The number of hydrogen-bond acceptors (Lipinski definition) is 5. The minimum atomic E-state index is -0.529. The summed E-state index contributed by atoms with van der Waals surface area (Å²) in [6.07, 6.45) is 5.98. The Balaban J connectivity index is 1.67. The van der Waals surface area contributed by atoms with Crippen LogP contribution in [0.1, 0.15) is 25.7 Å². The minimum Gasteiger partial charge on any atom is -0.485 e. The molecular weight excluding hydrogens is 335 g/mol. The first-order chi connectivity index (χ1) is 12.6. The minimum absolute atomic E-state index is 0.327. The van der Waals surface area contributed by atoms with Gasteiger partial charge >= 0.3 is 0 Å². The first-order valence-electron chi connectivity index (χ1n) is 8.79. The number of aryl methyl sites for hydroxylation is 1. The van der Waals surface area contributed by atoms with Crippen molar-refractivity contribution in [3.05, 3.63) is 42.6 Å². The predicted molar refractivity (Wildman–Crippen MR) is 97.1 cm³/mol. The number of hydrogen-bond donors (Lipinski definition) is 2. The molecule has 0 bridgehead atoms. The molecule has 2 heterocycles. The molecule has 1 saturated carbocycles. The number of fused-ring (bicyclic) bond motifs is 1. The normalized spacial score (nSPS) is 20.3. The van der Waals surface area contributed by atoms with Gasteiger partial charge in [0.1, 0.15) is 29.5 Å². The Morgan fingerprint density at radius 1 is 1.23 bits per heavy atom. The summed E-state index contributed by atoms with van der Waals surface area (Å²) in [5.74, 6) is 0.600. The smallest absolute Gasteiger partial charge is 0.158 e. The molecule has 136 valence electrons. The molecule has 3 aromatic rings. The summed E-state index contributed by atoms with van der Waals surface area (Å²) >= 11 is 0. The maximum atomic E-state index is 13.8. The molecule has 6 nitrogen and oxygen atoms in total. The van der Waals surface area contributed by atoms with Gasteiger partial charge in [-0.2, -0.15) is 0 Å². The number of aliphatic hydroxyl groups is 1. The highest BCUT2D eigenvalue weighted by Gasteiger charge is 2.26. The molecule has 2 atom stereocenters. The molecule has 0 unspecified atom stereocenters. The van der Waals surface area contributed by atoms with E-state index in [1.807, 2.05) is 23.9 Å². The zero-order chi connectivity index (χ0) is 18.1. The van der Waals surface area contributed by atoms with Gasteiger partial charge in [-0.05, 0) is 37.5 Å². The van der Waals surface area contributed by atoms with Crippen LogP contribution in [0.3, 0.4) is 0 Å². The van der Waals surface area contributed by atoms with Crippen LogP contribution in [0.5, 0.6) is 5.75 Å². The quantitative estimate of drug-likeness (QED) is 0.748. The largest absolute Gasteiger partial charge is 0.485 e. The first-order valence-corrected chi connectivity index (χ1v) is 8.79. The van der Waals surface area contributed by atoms with Crippen LogP contribution >= 0.6 is 0 Å². The van der Waals surface area contributed by atoms with E-state index in [0.717, 1.165) is 30.3 Å². The molecular formula is C19H21FN4O2. The second kappa shape index (κ2) is 6.92. The number of halogens is 1. The second-order valence-electron chi connectivity index (χ2n) is 6.66. The Morgan fingerprint density at radius 2 is 2.08 bits per heavy atom. The highest BCUT2D eigenvalue weighted by Crippen LogP contribution is 2.33. The van der Waals surface area contributed by atoms with Gasteiger partial charge in [0.15, 0.2) is 5.82 Å². The maximum absolute atomic E-state index is 13.8. The summed E-state index contributed by atoms with van der Waals surface area (Å²) < 4.78 is 21.7. The Bertz CT molecular complexity index is 927. The second-order valence-corrected chi connectivity index (χ2v) is 6.66. The highest BCUT2D eigenvalue weighted by molar-refractivity contribution is 5.88. The van der Waals surface area contributed by atoms with Crippen molar-refractivity contribution in [2.24, 2.45) is 7.05 Å². The lowest BCUT2D eigenvalue weighted by Crippen LogP contribution is -2.34. The third-order valence-corrected chi connectivity index (χ3v) is 4.80. The van der Waals surface area contributed by atoms with Gasteiger partial charge in [0.05, 0.1) is 17.3 Å². The van der Waals surface area contributed by atoms with Crippen molar-refractivity contribution in [2.75, 3.05) is 5.32 Å². The van der Waals surface area contributed by atoms with E-state index in [1.54, 1.807) is 6.07 Å². The number of anilines is 2. The lowest BCUT2D eigenvalue weighted by atomic mass is 9.95. The lowest BCUT2D eigenvalue weighted by Gasteiger charge is -2.29. The van der Waals surface area contributed by atoms with Gasteiger partial charge in [0.25, 0.3) is 0 Å². The van der Waals surface area contributed by atoms with E-state index in [4.69, 9.17) is 4.74 Å². The molecule has 1 aliphatic carbocycles. The number of ether oxygens (including phenoxy) is 1. The number of nitrogens with one attached hydrogen (secondary N) is 1. The van der Waals surface area contributed by atoms with E-state index in [1.165, 1.54) is 18.5 Å². The van der Waals surface area contributed by atoms with Crippen molar-refractivity contribution in [3.8, 4) is 5.75 Å². The first kappa shape index (κ1) is 16.8. The summed E-state index contributed by atoms with van der Waals surface area (Å²) in [7, 11) is 1.91. The Kier molecular flexibility index (Phi) is 4.46. The van der Waals surface area contributed by atoms with Crippen LogP contribution in [0.15, 0.2) is 36.8 Å². The van der Waals surface area contributed by atoms with Crippen molar-refractivity contribution in [3.63, 3.8) is 0 Å². The molecule has 0 radical (unpaired) electrons. The van der Waals surface area contributed by atoms with Crippen LogP contribution < -0.4 is 10.1 Å². The summed E-state index contributed by atoms with van der Waals surface area (Å²) in [4.78, 5) is 8.57. The van der Waals surface area contributed by atoms with E-state index in [9.17, 15) is 9.50 Å². The summed E-state index contributed by atoms with van der Waals surface area (Å²) in [5, 5.41) is 13.4. The van der Waals surface area contributed by atoms with Gasteiger partial charge in [0.2, 0.25) is 0 Å². The molecule has 0 spiro atoms. The highest BCUT2D eigenvalue weighted by atomic mass is 19.1. The molecule has 1 fully saturated rings. The summed E-state index contributed by atoms with van der Waals surface area (Å²) in [6.45, 7) is 0. The lowest BCUT2D eigenvalue weighted by molar-refractivity contribution is 0.00712. The van der Waals surface area contributed by atoms with Gasteiger partial charge in [0, 0.05) is 19.3 Å². The van der Waals surface area contributed by atoms with Crippen molar-refractivity contribution in [1.82, 2.24) is 14.5 Å². The van der Waals surface area contributed by atoms with E-state index >= 15 is 0 Å².